The van der Waals surface area contributed by atoms with E-state index in [1.807, 2.05) is 12.1 Å². The summed E-state index contributed by atoms with van der Waals surface area (Å²) >= 11 is 0. The van der Waals surface area contributed by atoms with Gasteiger partial charge in [0, 0.05) is 21.5 Å². The molecule has 0 unspecified atom stereocenters. The van der Waals surface area contributed by atoms with Gasteiger partial charge in [-0.1, -0.05) is 152 Å². The van der Waals surface area contributed by atoms with Gasteiger partial charge in [0.25, 0.3) is 0 Å². The highest BCUT2D eigenvalue weighted by Gasteiger charge is 2.14. The molecule has 50 heavy (non-hydrogen) atoms. The van der Waals surface area contributed by atoms with Crippen molar-refractivity contribution in [1.82, 2.24) is 0 Å². The number of hydrogen-bond acceptors (Lipinski definition) is 2. The second kappa shape index (κ2) is 12.4. The Morgan fingerprint density at radius 3 is 2.02 bits per heavy atom. The molecule has 2 heteroatoms. The van der Waals surface area contributed by atoms with Crippen molar-refractivity contribution in [3.8, 4) is 11.1 Å². The minimum absolute atomic E-state index is 0.874. The third-order valence-electron chi connectivity index (χ3n) is 9.47. The fraction of sp³-hybridized carbons (Fsp3) is 0. The van der Waals surface area contributed by atoms with Crippen molar-refractivity contribution in [2.75, 3.05) is 0 Å². The van der Waals surface area contributed by atoms with Gasteiger partial charge in [-0.25, -0.2) is 0 Å². The quantitative estimate of drug-likeness (QED) is 0.175. The molecular formula is C48H32O2. The molecule has 0 spiro atoms. The molecule has 9 rings (SSSR count). The summed E-state index contributed by atoms with van der Waals surface area (Å²) < 4.78 is 12.5. The van der Waals surface area contributed by atoms with E-state index in [0.29, 0.717) is 0 Å². The van der Waals surface area contributed by atoms with Crippen LogP contribution in [0.2, 0.25) is 0 Å². The zero-order chi connectivity index (χ0) is 33.4. The third-order valence-corrected chi connectivity index (χ3v) is 9.47. The van der Waals surface area contributed by atoms with Crippen molar-refractivity contribution in [1.29, 1.82) is 0 Å². The summed E-state index contributed by atoms with van der Waals surface area (Å²) in [6.07, 6.45) is 8.36. The first kappa shape index (κ1) is 29.5. The summed E-state index contributed by atoms with van der Waals surface area (Å²) in [4.78, 5) is 0. The molecule has 0 amide bonds. The largest absolute Gasteiger partial charge is 0.456 e. The second-order valence-electron chi connectivity index (χ2n) is 12.5. The lowest BCUT2D eigenvalue weighted by molar-refractivity contribution is 0.668. The van der Waals surface area contributed by atoms with Crippen molar-refractivity contribution >= 4 is 77.1 Å². The molecule has 0 atom stereocenters. The average Bonchev–Trinajstić information content (AvgIpc) is 3.72. The van der Waals surface area contributed by atoms with Gasteiger partial charge >= 0.3 is 0 Å². The van der Waals surface area contributed by atoms with Gasteiger partial charge in [-0.3, -0.25) is 0 Å². The van der Waals surface area contributed by atoms with E-state index >= 15 is 0 Å². The highest BCUT2D eigenvalue weighted by molar-refractivity contribution is 6.22. The van der Waals surface area contributed by atoms with Crippen LogP contribution in [-0.2, 0) is 0 Å². The van der Waals surface area contributed by atoms with E-state index < -0.39 is 0 Å². The van der Waals surface area contributed by atoms with Gasteiger partial charge in [-0.15, -0.1) is 0 Å². The van der Waals surface area contributed by atoms with Crippen LogP contribution in [0.25, 0.3) is 88.2 Å². The average molecular weight is 641 g/mol. The topological polar surface area (TPSA) is 26.3 Å². The highest BCUT2D eigenvalue weighted by Crippen LogP contribution is 2.39. The number of hydrogen-bond donors (Lipinski definition) is 0. The molecule has 2 aromatic heterocycles. The maximum Gasteiger partial charge on any atom is 0.136 e. The van der Waals surface area contributed by atoms with Gasteiger partial charge in [0.2, 0.25) is 0 Å². The smallest absolute Gasteiger partial charge is 0.136 e. The lowest BCUT2D eigenvalue weighted by Crippen LogP contribution is -1.84. The van der Waals surface area contributed by atoms with E-state index in [4.69, 9.17) is 8.83 Å². The summed E-state index contributed by atoms with van der Waals surface area (Å²) in [5.74, 6) is 0. The Balaban J connectivity index is 1.08. The maximum absolute atomic E-state index is 6.33. The highest BCUT2D eigenvalue weighted by atomic mass is 16.3. The summed E-state index contributed by atoms with van der Waals surface area (Å²) in [6.45, 7) is 4.50. The normalized spacial score (nSPS) is 11.9. The van der Waals surface area contributed by atoms with Crippen molar-refractivity contribution in [2.45, 2.75) is 0 Å². The Morgan fingerprint density at radius 2 is 1.14 bits per heavy atom. The Bertz CT molecular complexity index is 2880. The lowest BCUT2D eigenvalue weighted by atomic mass is 9.95. The Morgan fingerprint density at radius 1 is 0.460 bits per heavy atom. The minimum atomic E-state index is 0.874. The molecule has 236 valence electrons. The minimum Gasteiger partial charge on any atom is -0.456 e. The molecule has 2 heterocycles. The molecule has 0 aliphatic rings. The van der Waals surface area contributed by atoms with Crippen LogP contribution in [0.5, 0.6) is 0 Å². The van der Waals surface area contributed by atoms with Gasteiger partial charge in [0.1, 0.15) is 22.3 Å². The molecule has 0 radical (unpaired) electrons. The molecule has 0 fully saturated rings. The molecule has 0 aliphatic heterocycles. The maximum atomic E-state index is 6.33. The lowest BCUT2D eigenvalue weighted by Gasteiger charge is -2.08. The first-order valence-electron chi connectivity index (χ1n) is 16.9. The summed E-state index contributed by atoms with van der Waals surface area (Å²) in [6, 6.07) is 54.9. The van der Waals surface area contributed by atoms with Crippen LogP contribution in [-0.4, -0.2) is 0 Å². The number of para-hydroxylation sites is 1. The SMILES string of the molecule is C=C(/C=C\C=C\c1ccc2oc3ccc4cc5oc6ccccc6c5cc4c3c2c1)c1ccccccc(-c2ccccc2)c2ccccc12. The molecule has 0 saturated carbocycles. The zero-order valence-electron chi connectivity index (χ0n) is 27.3. The first-order chi connectivity index (χ1) is 24.7. The van der Waals surface area contributed by atoms with E-state index in [9.17, 15) is 0 Å². The van der Waals surface area contributed by atoms with E-state index in [1.165, 1.54) is 16.5 Å². The fourth-order valence-corrected chi connectivity index (χ4v) is 7.08. The van der Waals surface area contributed by atoms with Crippen LogP contribution in [0.15, 0.2) is 191 Å². The van der Waals surface area contributed by atoms with Crippen LogP contribution in [0.3, 0.4) is 0 Å². The van der Waals surface area contributed by atoms with Gasteiger partial charge in [0.15, 0.2) is 0 Å². The summed E-state index contributed by atoms with van der Waals surface area (Å²) in [5, 5.41) is 9.06. The summed E-state index contributed by atoms with van der Waals surface area (Å²) in [7, 11) is 0. The number of fused-ring (bicyclic) bond motifs is 9. The van der Waals surface area contributed by atoms with E-state index in [1.54, 1.807) is 0 Å². The predicted octanol–water partition coefficient (Wildman–Crippen LogP) is 13.9. The third kappa shape index (κ3) is 5.24. The van der Waals surface area contributed by atoms with E-state index in [2.05, 4.69) is 176 Å². The van der Waals surface area contributed by atoms with Crippen LogP contribution >= 0.6 is 0 Å². The summed E-state index contributed by atoms with van der Waals surface area (Å²) in [5.41, 5.74) is 9.01. The Kier molecular flexibility index (Phi) is 7.33. The molecule has 9 aromatic rings. The molecule has 7 aromatic carbocycles. The van der Waals surface area contributed by atoms with Crippen LogP contribution in [0.1, 0.15) is 11.1 Å². The first-order valence-corrected chi connectivity index (χ1v) is 16.9. The Labute approximate surface area is 289 Å². The van der Waals surface area contributed by atoms with Gasteiger partial charge in [0.05, 0.1) is 0 Å². The molecule has 0 bridgehead atoms. The van der Waals surface area contributed by atoms with Gasteiger partial charge < -0.3 is 8.83 Å². The monoisotopic (exact) mass is 640 g/mol. The molecule has 0 saturated heterocycles. The van der Waals surface area contributed by atoms with E-state index in [-0.39, 0.29) is 0 Å². The van der Waals surface area contributed by atoms with Gasteiger partial charge in [-0.2, -0.15) is 0 Å². The molecule has 0 N–H and O–H groups in total. The second-order valence-corrected chi connectivity index (χ2v) is 12.5. The number of furan rings is 2. The van der Waals surface area contributed by atoms with Crippen LogP contribution in [0, 0.1) is 0 Å². The number of benzene rings is 6. The van der Waals surface area contributed by atoms with Crippen molar-refractivity contribution < 1.29 is 8.83 Å². The van der Waals surface area contributed by atoms with E-state index in [0.717, 1.165) is 76.7 Å². The molecule has 0 aliphatic carbocycles. The van der Waals surface area contributed by atoms with Crippen molar-refractivity contribution in [3.05, 3.63) is 194 Å². The number of rotatable bonds is 5. The molecule has 2 nitrogen and oxygen atoms in total. The van der Waals surface area contributed by atoms with Crippen molar-refractivity contribution in [2.24, 2.45) is 0 Å². The van der Waals surface area contributed by atoms with Crippen LogP contribution < -0.4 is 0 Å². The number of allylic oxidation sites excluding steroid dienone is 4. The van der Waals surface area contributed by atoms with Gasteiger partial charge in [-0.05, 0) is 85.8 Å². The standard InChI is InChI=1S/C48H32O2/c1-32(36-19-7-2-3-8-20-37(34-17-5-4-6-18-34)39-22-12-11-21-38(36)39)15-9-10-16-33-25-27-45-43(29-33)48-41-31-42-40-23-13-14-24-44(40)50-47(42)30-35(41)26-28-46(48)49-45/h2-31H,1H2/b3-2?,7-2?,8-3?,15-9-,16-10+,19-7?,20-8?,36-19?,37-20?,38-36?,39-37?. The predicted molar refractivity (Wildman–Crippen MR) is 213 cm³/mol. The van der Waals surface area contributed by atoms with Crippen LogP contribution in [0.4, 0.5) is 0 Å². The fourth-order valence-electron chi connectivity index (χ4n) is 7.08. The zero-order valence-corrected chi connectivity index (χ0v) is 27.3. The Hall–Kier alpha value is -6.64. The van der Waals surface area contributed by atoms with Crippen molar-refractivity contribution in [3.63, 3.8) is 0 Å². The molecular weight excluding hydrogens is 609 g/mol.